The predicted molar refractivity (Wildman–Crippen MR) is 174 cm³/mol. The highest BCUT2D eigenvalue weighted by atomic mass is 16.8. The van der Waals surface area contributed by atoms with E-state index in [-0.39, 0.29) is 30.1 Å². The molecule has 0 aromatic heterocycles. The molecule has 5 rings (SSSR count). The summed E-state index contributed by atoms with van der Waals surface area (Å²) in [6, 6.07) is 7.81. The van der Waals surface area contributed by atoms with Crippen LogP contribution in [-0.4, -0.2) is 168 Å². The van der Waals surface area contributed by atoms with Gasteiger partial charge in [-0.15, -0.1) is 0 Å². The van der Waals surface area contributed by atoms with Crippen molar-refractivity contribution in [3.05, 3.63) is 53.6 Å². The van der Waals surface area contributed by atoms with Gasteiger partial charge in [0.15, 0.2) is 48.0 Å². The molecule has 2 aromatic rings. The van der Waals surface area contributed by atoms with Crippen LogP contribution in [0.1, 0.15) is 18.1 Å². The number of hydrogen-bond acceptors (Lipinski definition) is 19. The van der Waals surface area contributed by atoms with Crippen LogP contribution in [0.15, 0.2) is 42.5 Å². The summed E-state index contributed by atoms with van der Waals surface area (Å²) >= 11 is 0. The minimum absolute atomic E-state index is 0.116. The van der Waals surface area contributed by atoms with Gasteiger partial charge in [0, 0.05) is 6.08 Å². The average Bonchev–Trinajstić information content (AvgIpc) is 3.42. The molecule has 294 valence electrons. The first kappa shape index (κ1) is 40.5. The third-order valence-electron chi connectivity index (χ3n) is 9.12. The number of rotatable bonds is 13. The average molecular weight is 757 g/mol. The zero-order chi connectivity index (χ0) is 38.6. The lowest BCUT2D eigenvalue weighted by Crippen LogP contribution is -2.66. The van der Waals surface area contributed by atoms with Crippen LogP contribution in [0, 0.1) is 0 Å². The van der Waals surface area contributed by atoms with Gasteiger partial charge in [-0.2, -0.15) is 0 Å². The van der Waals surface area contributed by atoms with Gasteiger partial charge in [-0.25, -0.2) is 4.79 Å². The summed E-state index contributed by atoms with van der Waals surface area (Å²) in [6.07, 6.45) is -17.2. The van der Waals surface area contributed by atoms with E-state index >= 15 is 0 Å². The predicted octanol–water partition coefficient (Wildman–Crippen LogP) is -2.55. The SMILES string of the molecule is C[C@@H]1O[C@@H](O[C@@H]2[C@@H](O[C@@H]3OC[C@](O)(CO)[C@H]3O)[C@H](OCCc3ccc(O)c(O)c3)O[C@H](CO)[C@H]2OC(=O)C=Cc2ccc(O)c(O)c2)[C@H](O)[C@H](O)[C@H]1O. The summed E-state index contributed by atoms with van der Waals surface area (Å²) in [5.74, 6) is -2.64. The van der Waals surface area contributed by atoms with Crippen LogP contribution in [0.2, 0.25) is 0 Å². The Bertz CT molecular complexity index is 1570. The van der Waals surface area contributed by atoms with Gasteiger partial charge < -0.3 is 89.3 Å². The fourth-order valence-electron chi connectivity index (χ4n) is 5.94. The first-order valence-corrected chi connectivity index (χ1v) is 16.6. The fourth-order valence-corrected chi connectivity index (χ4v) is 5.94. The number of phenolic OH excluding ortho intramolecular Hbond substituents is 4. The van der Waals surface area contributed by atoms with E-state index in [4.69, 9.17) is 33.2 Å². The molecule has 3 aliphatic heterocycles. The van der Waals surface area contributed by atoms with Crippen LogP contribution in [0.25, 0.3) is 6.08 Å². The van der Waals surface area contributed by atoms with E-state index in [1.165, 1.54) is 49.4 Å². The number of carbonyl (C=O) groups is 1. The van der Waals surface area contributed by atoms with Gasteiger partial charge >= 0.3 is 5.97 Å². The molecule has 0 radical (unpaired) electrons. The molecular formula is C34H44O19. The summed E-state index contributed by atoms with van der Waals surface area (Å²) in [5.41, 5.74) is -1.35. The Morgan fingerprint density at radius 1 is 0.830 bits per heavy atom. The number of aliphatic hydroxyl groups excluding tert-OH is 6. The number of benzene rings is 2. The summed E-state index contributed by atoms with van der Waals surface area (Å²) in [5, 5.41) is 112. The molecule has 3 aliphatic rings. The van der Waals surface area contributed by atoms with E-state index in [2.05, 4.69) is 0 Å². The number of esters is 1. The maximum atomic E-state index is 13.2. The van der Waals surface area contributed by atoms with E-state index in [9.17, 15) is 61.0 Å². The Labute approximate surface area is 302 Å². The van der Waals surface area contributed by atoms with Crippen molar-refractivity contribution in [3.63, 3.8) is 0 Å². The number of aliphatic hydroxyl groups is 7. The molecule has 0 aliphatic carbocycles. The Balaban J connectivity index is 1.48. The van der Waals surface area contributed by atoms with Gasteiger partial charge in [-0.05, 0) is 54.8 Å². The molecule has 0 saturated carbocycles. The number of ether oxygens (including phenoxy) is 7. The smallest absolute Gasteiger partial charge is 0.331 e. The fraction of sp³-hybridized carbons (Fsp3) is 0.559. The van der Waals surface area contributed by atoms with Crippen molar-refractivity contribution in [3.8, 4) is 23.0 Å². The lowest BCUT2D eigenvalue weighted by Gasteiger charge is -2.48. The molecule has 3 heterocycles. The van der Waals surface area contributed by atoms with Gasteiger partial charge in [0.2, 0.25) is 0 Å². The summed E-state index contributed by atoms with van der Waals surface area (Å²) in [4.78, 5) is 13.2. The first-order valence-electron chi connectivity index (χ1n) is 16.6. The van der Waals surface area contributed by atoms with Gasteiger partial charge in [0.25, 0.3) is 0 Å². The molecule has 2 aromatic carbocycles. The highest BCUT2D eigenvalue weighted by molar-refractivity contribution is 5.87. The molecular weight excluding hydrogens is 712 g/mol. The topological polar surface area (TPSA) is 304 Å². The highest BCUT2D eigenvalue weighted by Gasteiger charge is 2.56. The van der Waals surface area contributed by atoms with Crippen LogP contribution in [0.3, 0.4) is 0 Å². The lowest BCUT2D eigenvalue weighted by atomic mass is 9.96. The Morgan fingerprint density at radius 3 is 2.15 bits per heavy atom. The van der Waals surface area contributed by atoms with Crippen molar-refractivity contribution in [2.24, 2.45) is 0 Å². The third kappa shape index (κ3) is 9.18. The molecule has 0 spiro atoms. The Hall–Kier alpha value is -3.67. The van der Waals surface area contributed by atoms with E-state index < -0.39 is 117 Å². The van der Waals surface area contributed by atoms with Crippen LogP contribution < -0.4 is 0 Å². The maximum absolute atomic E-state index is 13.2. The summed E-state index contributed by atoms with van der Waals surface area (Å²) in [7, 11) is 0. The number of aromatic hydroxyl groups is 4. The monoisotopic (exact) mass is 756 g/mol. The van der Waals surface area contributed by atoms with Crippen molar-refractivity contribution in [1.29, 1.82) is 0 Å². The minimum atomic E-state index is -2.15. The van der Waals surface area contributed by atoms with Crippen LogP contribution in [0.4, 0.5) is 0 Å². The minimum Gasteiger partial charge on any atom is -0.504 e. The molecule has 0 unspecified atom stereocenters. The van der Waals surface area contributed by atoms with Crippen LogP contribution in [0.5, 0.6) is 23.0 Å². The highest BCUT2D eigenvalue weighted by Crippen LogP contribution is 2.36. The maximum Gasteiger partial charge on any atom is 0.331 e. The van der Waals surface area contributed by atoms with Crippen molar-refractivity contribution < 1.29 is 94.1 Å². The molecule has 53 heavy (non-hydrogen) atoms. The zero-order valence-corrected chi connectivity index (χ0v) is 28.3. The second kappa shape index (κ2) is 17.2. The molecule has 19 heteroatoms. The third-order valence-corrected chi connectivity index (χ3v) is 9.12. The largest absolute Gasteiger partial charge is 0.504 e. The Morgan fingerprint density at radius 2 is 1.51 bits per heavy atom. The van der Waals surface area contributed by atoms with Crippen LogP contribution in [-0.2, 0) is 44.4 Å². The second-order valence-electron chi connectivity index (χ2n) is 12.9. The molecule has 13 atom stereocenters. The number of carbonyl (C=O) groups excluding carboxylic acids is 1. The van der Waals surface area contributed by atoms with Crippen molar-refractivity contribution in [2.75, 3.05) is 26.4 Å². The normalized spacial score (nSPS) is 36.2. The molecule has 3 fully saturated rings. The van der Waals surface area contributed by atoms with Gasteiger partial charge in [0.1, 0.15) is 48.3 Å². The van der Waals surface area contributed by atoms with Crippen molar-refractivity contribution >= 4 is 12.0 Å². The summed E-state index contributed by atoms with van der Waals surface area (Å²) in [6.45, 7) is -1.12. The molecule has 0 amide bonds. The quantitative estimate of drug-likeness (QED) is 0.0569. The molecule has 3 saturated heterocycles. The molecule has 0 bridgehead atoms. The lowest BCUT2D eigenvalue weighted by molar-refractivity contribution is -0.375. The molecule has 19 nitrogen and oxygen atoms in total. The first-order chi connectivity index (χ1) is 25.1. The Kier molecular flexibility index (Phi) is 13.2. The number of phenols is 4. The summed E-state index contributed by atoms with van der Waals surface area (Å²) < 4.78 is 40.9. The standard InChI is InChI=1S/C34H44O19/c1-15-24(42)25(43)26(44)31(49-15)52-28-27(51-23(41)7-4-16-2-5-18(37)20(39)10-16)22(12-35)50-32(47-9-8-17-3-6-19(38)21(40)11-17)29(28)53-33-30(45)34(46,13-36)14-48-33/h2-7,10-11,15,22,24-33,35-40,42-46H,8-9,12-14H2,1H3/t15-,22+,24-,25+,26+,27+,28-,29+,30-,31-,32+,33-,34+/m0/s1. The van der Waals surface area contributed by atoms with E-state index in [0.29, 0.717) is 5.56 Å². The molecule has 11 N–H and O–H groups in total. The van der Waals surface area contributed by atoms with E-state index in [1.54, 1.807) is 0 Å². The van der Waals surface area contributed by atoms with Crippen molar-refractivity contribution in [1.82, 2.24) is 0 Å². The van der Waals surface area contributed by atoms with Crippen LogP contribution >= 0.6 is 0 Å². The van der Waals surface area contributed by atoms with Gasteiger partial charge in [0.05, 0.1) is 32.5 Å². The van der Waals surface area contributed by atoms with Gasteiger partial charge in [-0.3, -0.25) is 0 Å². The van der Waals surface area contributed by atoms with E-state index in [0.717, 1.165) is 6.08 Å². The van der Waals surface area contributed by atoms with Gasteiger partial charge in [-0.1, -0.05) is 12.1 Å². The van der Waals surface area contributed by atoms with E-state index in [1.807, 2.05) is 0 Å². The second-order valence-corrected chi connectivity index (χ2v) is 12.9. The van der Waals surface area contributed by atoms with Crippen molar-refractivity contribution in [2.45, 2.75) is 92.8 Å². The number of hydrogen-bond donors (Lipinski definition) is 11. The zero-order valence-electron chi connectivity index (χ0n) is 28.3.